The lowest BCUT2D eigenvalue weighted by Crippen LogP contribution is -2.49. The van der Waals surface area contributed by atoms with Gasteiger partial charge in [0.2, 0.25) is 0 Å². The molecule has 0 spiro atoms. The Bertz CT molecular complexity index is 1130. The molecule has 5 heterocycles. The number of nitrogens with two attached hydrogens (primary N) is 1. The van der Waals surface area contributed by atoms with Gasteiger partial charge in [0.25, 0.3) is 0 Å². The Balaban J connectivity index is 1.68. The van der Waals surface area contributed by atoms with E-state index in [0.29, 0.717) is 0 Å². The summed E-state index contributed by atoms with van der Waals surface area (Å²) in [5, 5.41) is 5.13. The molecular formula is C20H17N5O. The lowest BCUT2D eigenvalue weighted by molar-refractivity contribution is -0.118. The quantitative estimate of drug-likeness (QED) is 0.617. The molecule has 1 fully saturated rings. The highest BCUT2D eigenvalue weighted by atomic mass is 16.1. The minimum Gasteiger partial charge on any atom is -0.355 e. The van der Waals surface area contributed by atoms with Gasteiger partial charge >= 0.3 is 0 Å². The molecule has 1 aromatic rings. The van der Waals surface area contributed by atoms with Gasteiger partial charge in [0, 0.05) is 17.1 Å². The van der Waals surface area contributed by atoms with Crippen molar-refractivity contribution in [2.24, 2.45) is 15.7 Å². The maximum absolute atomic E-state index is 12.4. The smallest absolute Gasteiger partial charge is 0.157 e. The van der Waals surface area contributed by atoms with Gasteiger partial charge in [-0.2, -0.15) is 0 Å². The van der Waals surface area contributed by atoms with Gasteiger partial charge in [0.05, 0.1) is 34.5 Å². The van der Waals surface area contributed by atoms with Gasteiger partial charge < -0.3 is 10.7 Å². The van der Waals surface area contributed by atoms with E-state index in [2.05, 4.69) is 20.3 Å². The molecule has 26 heavy (non-hydrogen) atoms. The fraction of sp³-hybridized carbons (Fsp3) is 0.150. The highest BCUT2D eigenvalue weighted by Gasteiger charge is 2.39. The zero-order chi connectivity index (χ0) is 17.7. The van der Waals surface area contributed by atoms with Crippen LogP contribution in [0, 0.1) is 0 Å². The number of nitrogens with one attached hydrogen (secondary N) is 2. The van der Waals surface area contributed by atoms with E-state index in [1.165, 1.54) is 0 Å². The van der Waals surface area contributed by atoms with Crippen molar-refractivity contribution in [2.45, 2.75) is 18.1 Å². The summed E-state index contributed by atoms with van der Waals surface area (Å²) in [7, 11) is 0. The molecule has 5 rings (SSSR count). The average Bonchev–Trinajstić information content (AvgIpc) is 3.33. The first-order valence-electron chi connectivity index (χ1n) is 8.51. The van der Waals surface area contributed by atoms with Crippen LogP contribution >= 0.6 is 0 Å². The molecule has 4 N–H and O–H groups in total. The Hall–Kier alpha value is -3.09. The van der Waals surface area contributed by atoms with Crippen LogP contribution in [0.5, 0.6) is 0 Å². The number of hydrogen-bond acceptors (Lipinski definition) is 5. The molecule has 6 heteroatoms. The molecule has 128 valence electrons. The van der Waals surface area contributed by atoms with E-state index in [4.69, 9.17) is 5.73 Å². The first kappa shape index (κ1) is 15.2. The molecule has 0 aliphatic carbocycles. The SMILES string of the molecule is NC12C=C3C=CC(=N3)C=c3ccc([nH]3)=CC3=NC(=CC(N1)C(=O)C2)C=C3. The Kier molecular flexibility index (Phi) is 3.19. The number of ketones is 1. The molecule has 0 aromatic carbocycles. The summed E-state index contributed by atoms with van der Waals surface area (Å²) in [5.41, 5.74) is 8.66. The van der Waals surface area contributed by atoms with E-state index in [0.717, 1.165) is 33.5 Å². The predicted octanol–water partition coefficient (Wildman–Crippen LogP) is -0.0353. The number of carbonyl (C=O) groups is 1. The normalized spacial score (nSPS) is 29.0. The summed E-state index contributed by atoms with van der Waals surface area (Å²) < 4.78 is 0. The summed E-state index contributed by atoms with van der Waals surface area (Å²) in [6.45, 7) is 0. The molecule has 1 saturated heterocycles. The second-order valence-corrected chi connectivity index (χ2v) is 6.86. The number of allylic oxidation sites excluding steroid dienone is 4. The Morgan fingerprint density at radius 1 is 1.00 bits per heavy atom. The number of H-pyrrole nitrogens is 1. The van der Waals surface area contributed by atoms with Crippen molar-refractivity contribution in [2.75, 3.05) is 0 Å². The second kappa shape index (κ2) is 5.45. The molecule has 0 saturated carbocycles. The molecule has 2 atom stereocenters. The van der Waals surface area contributed by atoms with E-state index in [9.17, 15) is 4.79 Å². The highest BCUT2D eigenvalue weighted by molar-refractivity contribution is 6.20. The van der Waals surface area contributed by atoms with E-state index in [1.54, 1.807) is 0 Å². The van der Waals surface area contributed by atoms with Gasteiger partial charge in [0.15, 0.2) is 5.78 Å². The fourth-order valence-electron chi connectivity index (χ4n) is 3.52. The fourth-order valence-corrected chi connectivity index (χ4v) is 3.52. The second-order valence-electron chi connectivity index (χ2n) is 6.86. The summed E-state index contributed by atoms with van der Waals surface area (Å²) in [5.74, 6) is 0.0496. The predicted molar refractivity (Wildman–Crippen MR) is 102 cm³/mol. The molecule has 0 radical (unpaired) electrons. The maximum atomic E-state index is 12.4. The zero-order valence-corrected chi connectivity index (χ0v) is 13.9. The van der Waals surface area contributed by atoms with Gasteiger partial charge in [-0.3, -0.25) is 10.1 Å². The van der Waals surface area contributed by atoms with Crippen molar-refractivity contribution in [1.29, 1.82) is 0 Å². The molecule has 4 aliphatic heterocycles. The van der Waals surface area contributed by atoms with Crippen molar-refractivity contribution in [1.82, 2.24) is 10.3 Å². The lowest BCUT2D eigenvalue weighted by Gasteiger charge is -2.20. The van der Waals surface area contributed by atoms with Crippen LogP contribution in [0.25, 0.3) is 12.2 Å². The summed E-state index contributed by atoms with van der Waals surface area (Å²) in [4.78, 5) is 24.9. The number of Topliss-reactive ketones (excluding diaryl/α,β-unsaturated/α-hetero) is 1. The molecule has 2 unspecified atom stereocenters. The van der Waals surface area contributed by atoms with Crippen LogP contribution in [-0.4, -0.2) is 33.9 Å². The van der Waals surface area contributed by atoms with Crippen LogP contribution in [0.1, 0.15) is 6.42 Å². The van der Waals surface area contributed by atoms with Crippen LogP contribution in [0.4, 0.5) is 0 Å². The van der Waals surface area contributed by atoms with Gasteiger partial charge in [0.1, 0.15) is 0 Å². The van der Waals surface area contributed by atoms with Gasteiger partial charge in [-0.05, 0) is 60.7 Å². The number of fused-ring (bicyclic) bond motifs is 6. The van der Waals surface area contributed by atoms with Crippen LogP contribution in [0.3, 0.4) is 0 Å². The molecule has 1 aromatic heterocycles. The third-order valence-corrected chi connectivity index (χ3v) is 4.68. The van der Waals surface area contributed by atoms with E-state index in [1.807, 2.05) is 60.7 Å². The van der Waals surface area contributed by atoms with E-state index in [-0.39, 0.29) is 12.2 Å². The van der Waals surface area contributed by atoms with E-state index >= 15 is 0 Å². The minimum atomic E-state index is -0.908. The van der Waals surface area contributed by atoms with Crippen molar-refractivity contribution in [3.63, 3.8) is 0 Å². The van der Waals surface area contributed by atoms with Crippen molar-refractivity contribution in [3.8, 4) is 0 Å². The number of aromatic amines is 1. The monoisotopic (exact) mass is 343 g/mol. The number of hydrogen-bond donors (Lipinski definition) is 3. The minimum absolute atomic E-state index is 0.0496. The zero-order valence-electron chi connectivity index (χ0n) is 13.9. The van der Waals surface area contributed by atoms with Crippen LogP contribution in [0.2, 0.25) is 0 Å². The Morgan fingerprint density at radius 3 is 2.38 bits per heavy atom. The average molecular weight is 343 g/mol. The van der Waals surface area contributed by atoms with E-state index < -0.39 is 11.7 Å². The van der Waals surface area contributed by atoms with Crippen molar-refractivity contribution in [3.05, 3.63) is 70.7 Å². The molecule has 0 amide bonds. The summed E-state index contributed by atoms with van der Waals surface area (Å²) in [6.07, 6.45) is 15.5. The van der Waals surface area contributed by atoms with Crippen LogP contribution in [0.15, 0.2) is 70.0 Å². The number of rotatable bonds is 0. The lowest BCUT2D eigenvalue weighted by atomic mass is 10.1. The third-order valence-electron chi connectivity index (χ3n) is 4.68. The van der Waals surface area contributed by atoms with Gasteiger partial charge in [-0.1, -0.05) is 0 Å². The standard InChI is InChI=1S/C20H17N5O/c21-20-10-17-6-5-15(24-17)8-13-2-1-12(22-13)7-14-3-4-16(23-14)9-18(25-20)19(26)11-20/h1-10,18,22,25H,11,21H2. The summed E-state index contributed by atoms with van der Waals surface area (Å²) in [6, 6.07) is 3.55. The first-order chi connectivity index (χ1) is 12.5. The Labute approximate surface area is 149 Å². The van der Waals surface area contributed by atoms with Crippen LogP contribution in [-0.2, 0) is 4.79 Å². The number of carbonyl (C=O) groups excluding carboxylic acids is 1. The number of nitrogens with zero attached hydrogens (tertiary/aromatic N) is 2. The molecule has 6 nitrogen and oxygen atoms in total. The molecule has 4 aliphatic rings. The third kappa shape index (κ3) is 2.75. The number of aliphatic imine (C=N–C) groups is 2. The summed E-state index contributed by atoms with van der Waals surface area (Å²) >= 11 is 0. The maximum Gasteiger partial charge on any atom is 0.157 e. The van der Waals surface area contributed by atoms with Gasteiger partial charge in [-0.15, -0.1) is 0 Å². The first-order valence-corrected chi connectivity index (χ1v) is 8.51. The Morgan fingerprint density at radius 2 is 1.65 bits per heavy atom. The highest BCUT2D eigenvalue weighted by Crippen LogP contribution is 2.23. The van der Waals surface area contributed by atoms with Gasteiger partial charge in [-0.25, -0.2) is 9.98 Å². The molecule has 8 bridgehead atoms. The van der Waals surface area contributed by atoms with Crippen molar-refractivity contribution >= 4 is 29.4 Å². The largest absolute Gasteiger partial charge is 0.355 e. The van der Waals surface area contributed by atoms with Crippen molar-refractivity contribution < 1.29 is 4.79 Å². The number of aromatic nitrogens is 1. The van der Waals surface area contributed by atoms with Crippen LogP contribution < -0.4 is 21.7 Å². The topological polar surface area (TPSA) is 95.6 Å². The molecular weight excluding hydrogens is 326 g/mol.